The summed E-state index contributed by atoms with van der Waals surface area (Å²) in [5, 5.41) is 10.9. The van der Waals surface area contributed by atoms with Crippen LogP contribution >= 0.6 is 0 Å². The molecule has 0 spiro atoms. The van der Waals surface area contributed by atoms with Gasteiger partial charge in [-0.15, -0.1) is 0 Å². The quantitative estimate of drug-likeness (QED) is 0.289. The summed E-state index contributed by atoms with van der Waals surface area (Å²) < 4.78 is 0. The van der Waals surface area contributed by atoms with E-state index in [9.17, 15) is 0 Å². The molecular weight excluding hydrogens is 110 g/mol. The monoisotopic (exact) mass is 115 g/mol. The number of nitrogens with zero attached hydrogens (tertiary/aromatic N) is 1. The lowest BCUT2D eigenvalue weighted by Crippen LogP contribution is -2.31. The molecule has 8 heavy (non-hydrogen) atoms. The third-order valence-corrected chi connectivity index (χ3v) is 0.632. The summed E-state index contributed by atoms with van der Waals surface area (Å²) in [5.41, 5.74) is 4.64. The van der Waals surface area contributed by atoms with Gasteiger partial charge >= 0.3 is 0 Å². The molecule has 0 aromatic carbocycles. The van der Waals surface area contributed by atoms with Gasteiger partial charge in [0.25, 0.3) is 0 Å². The highest BCUT2D eigenvalue weighted by molar-refractivity contribution is 5.91. The molecule has 0 bridgehead atoms. The van der Waals surface area contributed by atoms with Crippen LogP contribution in [0.25, 0.3) is 0 Å². The van der Waals surface area contributed by atoms with Gasteiger partial charge in [-0.25, -0.2) is 11.0 Å². The lowest BCUT2D eigenvalue weighted by Gasteiger charge is -2.07. The van der Waals surface area contributed by atoms with Crippen LogP contribution in [0.2, 0.25) is 0 Å². The molecule has 1 heterocycles. The average molecular weight is 115 g/mol. The summed E-state index contributed by atoms with van der Waals surface area (Å²) >= 11 is 0. The summed E-state index contributed by atoms with van der Waals surface area (Å²) in [6, 6.07) is 0. The number of amidine groups is 1. The van der Waals surface area contributed by atoms with Crippen molar-refractivity contribution in [2.45, 2.75) is 0 Å². The van der Waals surface area contributed by atoms with E-state index in [4.69, 9.17) is 5.21 Å². The summed E-state index contributed by atoms with van der Waals surface area (Å²) in [7, 11) is 0. The standard InChI is InChI=1S/C3H5N3O2/c7-5-3-1-2-4-8-6-3/h1-2,4,7H,(H,5,6). The van der Waals surface area contributed by atoms with E-state index in [1.807, 2.05) is 0 Å². The number of hydrogen-bond donors (Lipinski definition) is 3. The second-order valence-electron chi connectivity index (χ2n) is 1.14. The van der Waals surface area contributed by atoms with E-state index in [0.717, 1.165) is 0 Å². The first-order chi connectivity index (χ1) is 3.93. The Morgan fingerprint density at radius 1 is 1.75 bits per heavy atom. The Morgan fingerprint density at radius 2 is 2.62 bits per heavy atom. The second-order valence-corrected chi connectivity index (χ2v) is 1.14. The van der Waals surface area contributed by atoms with Crippen molar-refractivity contribution in [2.24, 2.45) is 5.16 Å². The van der Waals surface area contributed by atoms with Crippen molar-refractivity contribution < 1.29 is 10.1 Å². The molecule has 1 aliphatic rings. The van der Waals surface area contributed by atoms with Crippen LogP contribution in [0.5, 0.6) is 0 Å². The molecule has 0 atom stereocenters. The maximum absolute atomic E-state index is 8.06. The number of hydrogen-bond acceptors (Lipinski definition) is 4. The number of oxime groups is 1. The van der Waals surface area contributed by atoms with E-state index in [2.05, 4.69) is 21.1 Å². The van der Waals surface area contributed by atoms with E-state index in [1.54, 1.807) is 0 Å². The summed E-state index contributed by atoms with van der Waals surface area (Å²) in [4.78, 5) is 4.40. The topological polar surface area (TPSA) is 65.9 Å². The van der Waals surface area contributed by atoms with Gasteiger partial charge in [0.15, 0.2) is 5.84 Å². The zero-order valence-electron chi connectivity index (χ0n) is 3.96. The largest absolute Gasteiger partial charge is 0.409 e. The van der Waals surface area contributed by atoms with Crippen LogP contribution in [-0.2, 0) is 4.94 Å². The Balaban J connectivity index is 2.56. The lowest BCUT2D eigenvalue weighted by molar-refractivity contribution is 0.0182. The van der Waals surface area contributed by atoms with Gasteiger partial charge in [-0.3, -0.25) is 0 Å². The zero-order chi connectivity index (χ0) is 5.82. The van der Waals surface area contributed by atoms with Gasteiger partial charge in [0.05, 0.1) is 0 Å². The third kappa shape index (κ3) is 0.881. The highest BCUT2D eigenvalue weighted by Crippen LogP contribution is 1.79. The molecule has 0 amide bonds. The van der Waals surface area contributed by atoms with Crippen molar-refractivity contribution >= 4 is 5.84 Å². The molecule has 0 saturated heterocycles. The van der Waals surface area contributed by atoms with Crippen molar-refractivity contribution in [1.29, 1.82) is 0 Å². The molecule has 1 aliphatic heterocycles. The molecule has 5 heteroatoms. The van der Waals surface area contributed by atoms with Crippen LogP contribution < -0.4 is 11.0 Å². The molecule has 5 nitrogen and oxygen atoms in total. The van der Waals surface area contributed by atoms with Crippen molar-refractivity contribution in [1.82, 2.24) is 11.0 Å². The SMILES string of the molecule is ON=C1C=CNON1. The van der Waals surface area contributed by atoms with Gasteiger partial charge < -0.3 is 5.21 Å². The van der Waals surface area contributed by atoms with Crippen molar-refractivity contribution in [3.8, 4) is 0 Å². The van der Waals surface area contributed by atoms with Crippen LogP contribution in [0, 0.1) is 0 Å². The molecular formula is C3H5N3O2. The van der Waals surface area contributed by atoms with E-state index < -0.39 is 0 Å². The fourth-order valence-electron chi connectivity index (χ4n) is 0.316. The first kappa shape index (κ1) is 4.92. The molecule has 0 saturated carbocycles. The van der Waals surface area contributed by atoms with Gasteiger partial charge in [0, 0.05) is 12.3 Å². The predicted octanol–water partition coefficient (Wildman–Crippen LogP) is -0.673. The van der Waals surface area contributed by atoms with Crippen LogP contribution in [0.3, 0.4) is 0 Å². The van der Waals surface area contributed by atoms with Crippen molar-refractivity contribution in [3.63, 3.8) is 0 Å². The molecule has 0 unspecified atom stereocenters. The Kier molecular flexibility index (Phi) is 1.34. The minimum atomic E-state index is 0.267. The van der Waals surface area contributed by atoms with E-state index in [-0.39, 0.29) is 5.84 Å². The van der Waals surface area contributed by atoms with E-state index in [0.29, 0.717) is 0 Å². The van der Waals surface area contributed by atoms with E-state index >= 15 is 0 Å². The van der Waals surface area contributed by atoms with Gasteiger partial charge in [-0.1, -0.05) is 5.16 Å². The molecule has 44 valence electrons. The zero-order valence-corrected chi connectivity index (χ0v) is 3.96. The van der Waals surface area contributed by atoms with Gasteiger partial charge in [0.2, 0.25) is 0 Å². The second kappa shape index (κ2) is 2.17. The first-order valence-electron chi connectivity index (χ1n) is 1.99. The lowest BCUT2D eigenvalue weighted by atomic mass is 10.6. The van der Waals surface area contributed by atoms with Crippen molar-refractivity contribution in [3.05, 3.63) is 12.3 Å². The molecule has 0 fully saturated rings. The number of nitrogens with one attached hydrogen (secondary N) is 2. The smallest absolute Gasteiger partial charge is 0.192 e. The van der Waals surface area contributed by atoms with E-state index in [1.165, 1.54) is 12.3 Å². The fourth-order valence-corrected chi connectivity index (χ4v) is 0.316. The normalized spacial score (nSPS) is 22.2. The predicted molar refractivity (Wildman–Crippen MR) is 25.7 cm³/mol. The van der Waals surface area contributed by atoms with Crippen molar-refractivity contribution in [2.75, 3.05) is 0 Å². The number of rotatable bonds is 0. The molecule has 0 aromatic heterocycles. The third-order valence-electron chi connectivity index (χ3n) is 0.632. The van der Waals surface area contributed by atoms with Gasteiger partial charge in [-0.05, 0) is 0 Å². The Labute approximate surface area is 45.5 Å². The summed E-state index contributed by atoms with van der Waals surface area (Å²) in [6.07, 6.45) is 3.01. The Morgan fingerprint density at radius 3 is 3.00 bits per heavy atom. The molecule has 0 radical (unpaired) electrons. The maximum Gasteiger partial charge on any atom is 0.192 e. The minimum Gasteiger partial charge on any atom is -0.409 e. The Bertz CT molecular complexity index is 130. The van der Waals surface area contributed by atoms with Crippen LogP contribution in [0.1, 0.15) is 0 Å². The average Bonchev–Trinajstić information content (AvgIpc) is 1.90. The molecule has 0 aromatic rings. The van der Waals surface area contributed by atoms with Crippen LogP contribution in [0.15, 0.2) is 17.4 Å². The van der Waals surface area contributed by atoms with Crippen LogP contribution in [-0.4, -0.2) is 11.0 Å². The first-order valence-corrected chi connectivity index (χ1v) is 1.99. The van der Waals surface area contributed by atoms with Gasteiger partial charge in [-0.2, -0.15) is 4.94 Å². The number of hydroxylamine groups is 2. The Hall–Kier alpha value is -1.23. The summed E-state index contributed by atoms with van der Waals surface area (Å²) in [6.45, 7) is 0. The minimum absolute atomic E-state index is 0.267. The highest BCUT2D eigenvalue weighted by atomic mass is 16.8. The molecule has 0 aliphatic carbocycles. The fraction of sp³-hybridized carbons (Fsp3) is 0. The maximum atomic E-state index is 8.06. The summed E-state index contributed by atoms with van der Waals surface area (Å²) in [5.74, 6) is 0.267. The highest BCUT2D eigenvalue weighted by Gasteiger charge is 1.95. The molecule has 1 rings (SSSR count). The van der Waals surface area contributed by atoms with Gasteiger partial charge in [0.1, 0.15) is 0 Å². The molecule has 3 N–H and O–H groups in total. The van der Waals surface area contributed by atoms with Crippen LogP contribution in [0.4, 0.5) is 0 Å².